The number of imidazole rings is 1. The molecule has 2 heterocycles. The van der Waals surface area contributed by atoms with Crippen LogP contribution >= 0.6 is 0 Å². The Morgan fingerprint density at radius 2 is 2.23 bits per heavy atom. The van der Waals surface area contributed by atoms with Gasteiger partial charge in [0.1, 0.15) is 25.5 Å². The second kappa shape index (κ2) is 3.20. The van der Waals surface area contributed by atoms with Crippen LogP contribution in [0.2, 0.25) is 0 Å². The molecule has 1 aromatic rings. The van der Waals surface area contributed by atoms with Crippen LogP contribution in [-0.4, -0.2) is 40.5 Å². The molecule has 70 valence electrons. The molecular weight excluding hydrogens is 164 g/mol. The van der Waals surface area contributed by atoms with Crippen molar-refractivity contribution in [3.8, 4) is 0 Å². The molecule has 1 aliphatic rings. The topological polar surface area (TPSA) is 15.1 Å². The molecule has 0 saturated heterocycles. The molecular formula is C9H16N4+2. The monoisotopic (exact) mass is 180 g/mol. The number of nitrogens with zero attached hydrogens (tertiary/aromatic N) is 4. The van der Waals surface area contributed by atoms with E-state index in [0.29, 0.717) is 0 Å². The first-order chi connectivity index (χ1) is 6.24. The minimum absolute atomic E-state index is 0.950. The third-order valence-electron chi connectivity index (χ3n) is 2.27. The summed E-state index contributed by atoms with van der Waals surface area (Å²) >= 11 is 0. The summed E-state index contributed by atoms with van der Waals surface area (Å²) in [5, 5.41) is 0. The molecule has 0 fully saturated rings. The fourth-order valence-electron chi connectivity index (χ4n) is 1.58. The summed E-state index contributed by atoms with van der Waals surface area (Å²) in [5.74, 6) is 0. The third-order valence-corrected chi connectivity index (χ3v) is 2.27. The van der Waals surface area contributed by atoms with E-state index in [4.69, 9.17) is 0 Å². The Hall–Kier alpha value is -1.32. The number of aromatic nitrogens is 2. The Morgan fingerprint density at radius 1 is 1.38 bits per heavy atom. The molecule has 4 heteroatoms. The molecule has 0 unspecified atom stereocenters. The Kier molecular flexibility index (Phi) is 2.04. The van der Waals surface area contributed by atoms with E-state index in [1.165, 1.54) is 0 Å². The van der Waals surface area contributed by atoms with Crippen molar-refractivity contribution < 1.29 is 9.14 Å². The molecule has 4 nitrogen and oxygen atoms in total. The van der Waals surface area contributed by atoms with Gasteiger partial charge in [0.25, 0.3) is 0 Å². The van der Waals surface area contributed by atoms with E-state index in [9.17, 15) is 0 Å². The van der Waals surface area contributed by atoms with Crippen molar-refractivity contribution in [2.24, 2.45) is 7.05 Å². The number of aryl methyl sites for hydroxylation is 1. The lowest BCUT2D eigenvalue weighted by atomic mass is 10.6. The van der Waals surface area contributed by atoms with Gasteiger partial charge in [0.2, 0.25) is 19.3 Å². The van der Waals surface area contributed by atoms with Gasteiger partial charge < -0.3 is 0 Å². The minimum Gasteiger partial charge on any atom is -0.267 e. The van der Waals surface area contributed by atoms with Gasteiger partial charge in [0.05, 0.1) is 14.1 Å². The van der Waals surface area contributed by atoms with E-state index >= 15 is 0 Å². The van der Waals surface area contributed by atoms with Crippen molar-refractivity contribution in [3.05, 3.63) is 18.7 Å². The first kappa shape index (κ1) is 8.29. The molecule has 0 aromatic carbocycles. The standard InChI is InChI=1S/C9H16N4/c1-10-3-5-12(7-10)9-13-6-4-11(2)8-13/h3,5,7-8H,4,6,9H2,1-2H3/q+2. The first-order valence-electron chi connectivity index (χ1n) is 4.54. The summed E-state index contributed by atoms with van der Waals surface area (Å²) in [7, 11) is 4.14. The summed E-state index contributed by atoms with van der Waals surface area (Å²) in [6.45, 7) is 3.21. The number of likely N-dealkylation sites (N-methyl/N-ethyl adjacent to an activating group) is 1. The Morgan fingerprint density at radius 3 is 2.77 bits per heavy atom. The van der Waals surface area contributed by atoms with Crippen molar-refractivity contribution >= 4 is 6.34 Å². The van der Waals surface area contributed by atoms with Crippen LogP contribution in [0.5, 0.6) is 0 Å². The highest BCUT2D eigenvalue weighted by Gasteiger charge is 2.18. The molecule has 0 N–H and O–H groups in total. The number of hydrogen-bond acceptors (Lipinski definition) is 1. The van der Waals surface area contributed by atoms with Crippen LogP contribution in [0, 0.1) is 0 Å². The maximum Gasteiger partial charge on any atom is 0.246 e. The Labute approximate surface area is 78.3 Å². The molecule has 0 spiro atoms. The van der Waals surface area contributed by atoms with E-state index in [2.05, 4.69) is 50.7 Å². The van der Waals surface area contributed by atoms with Crippen LogP contribution < -0.4 is 4.57 Å². The summed E-state index contributed by atoms with van der Waals surface area (Å²) in [6.07, 6.45) is 8.40. The van der Waals surface area contributed by atoms with Crippen molar-refractivity contribution in [1.29, 1.82) is 0 Å². The van der Waals surface area contributed by atoms with Crippen LogP contribution in [-0.2, 0) is 13.7 Å². The summed E-state index contributed by atoms with van der Waals surface area (Å²) < 4.78 is 6.44. The maximum absolute atomic E-state index is 2.31. The van der Waals surface area contributed by atoms with Gasteiger partial charge in [0.15, 0.2) is 0 Å². The number of hydrogen-bond donors (Lipinski definition) is 0. The van der Waals surface area contributed by atoms with E-state index in [1.54, 1.807) is 0 Å². The Bertz CT molecular complexity index is 326. The van der Waals surface area contributed by atoms with E-state index in [0.717, 1.165) is 19.8 Å². The van der Waals surface area contributed by atoms with Crippen LogP contribution in [0.1, 0.15) is 0 Å². The molecule has 0 amide bonds. The second-order valence-electron chi connectivity index (χ2n) is 3.64. The maximum atomic E-state index is 2.31. The molecule has 1 aromatic heterocycles. The summed E-state index contributed by atoms with van der Waals surface area (Å²) in [6, 6.07) is 0. The molecule has 2 rings (SSSR count). The zero-order chi connectivity index (χ0) is 9.26. The lowest BCUT2D eigenvalue weighted by Crippen LogP contribution is -2.26. The normalized spacial score (nSPS) is 16.5. The first-order valence-corrected chi connectivity index (χ1v) is 4.54. The van der Waals surface area contributed by atoms with E-state index < -0.39 is 0 Å². The molecule has 13 heavy (non-hydrogen) atoms. The van der Waals surface area contributed by atoms with Crippen molar-refractivity contribution in [3.63, 3.8) is 0 Å². The van der Waals surface area contributed by atoms with Gasteiger partial charge in [-0.3, -0.25) is 4.58 Å². The van der Waals surface area contributed by atoms with Gasteiger partial charge in [-0.1, -0.05) is 0 Å². The molecule has 0 saturated carbocycles. The Balaban J connectivity index is 1.99. The van der Waals surface area contributed by atoms with Gasteiger partial charge >= 0.3 is 0 Å². The third kappa shape index (κ3) is 1.88. The van der Waals surface area contributed by atoms with Crippen LogP contribution in [0.4, 0.5) is 0 Å². The lowest BCUT2D eigenvalue weighted by Gasteiger charge is -2.01. The molecule has 0 radical (unpaired) electrons. The minimum atomic E-state index is 0.950. The van der Waals surface area contributed by atoms with Crippen LogP contribution in [0.15, 0.2) is 18.7 Å². The van der Waals surface area contributed by atoms with Gasteiger partial charge in [-0.25, -0.2) is 9.47 Å². The lowest BCUT2D eigenvalue weighted by molar-refractivity contribution is -0.671. The predicted octanol–water partition coefficient (Wildman–Crippen LogP) is -0.744. The van der Waals surface area contributed by atoms with Gasteiger partial charge in [-0.2, -0.15) is 4.57 Å². The fraction of sp³-hybridized carbons (Fsp3) is 0.556. The highest BCUT2D eigenvalue weighted by Crippen LogP contribution is 1.95. The largest absolute Gasteiger partial charge is 0.267 e. The smallest absolute Gasteiger partial charge is 0.246 e. The molecule has 0 bridgehead atoms. The van der Waals surface area contributed by atoms with Crippen LogP contribution in [0.3, 0.4) is 0 Å². The van der Waals surface area contributed by atoms with Gasteiger partial charge in [0, 0.05) is 0 Å². The summed E-state index contributed by atoms with van der Waals surface area (Å²) in [4.78, 5) is 2.31. The van der Waals surface area contributed by atoms with E-state index in [-0.39, 0.29) is 0 Å². The SMILES string of the molecule is C[N+]1=CN(Cn2cc[n+](C)c2)CC1. The average Bonchev–Trinajstić information content (AvgIpc) is 2.62. The molecule has 0 atom stereocenters. The average molecular weight is 180 g/mol. The van der Waals surface area contributed by atoms with Crippen molar-refractivity contribution in [1.82, 2.24) is 9.47 Å². The van der Waals surface area contributed by atoms with Gasteiger partial charge in [-0.15, -0.1) is 0 Å². The van der Waals surface area contributed by atoms with Crippen molar-refractivity contribution in [2.75, 3.05) is 20.1 Å². The predicted molar refractivity (Wildman–Crippen MR) is 49.4 cm³/mol. The van der Waals surface area contributed by atoms with Crippen LogP contribution in [0.25, 0.3) is 0 Å². The summed E-state index contributed by atoms with van der Waals surface area (Å²) in [5.41, 5.74) is 0. The molecule has 0 aliphatic carbocycles. The number of rotatable bonds is 2. The van der Waals surface area contributed by atoms with Gasteiger partial charge in [-0.05, 0) is 0 Å². The van der Waals surface area contributed by atoms with Crippen molar-refractivity contribution in [2.45, 2.75) is 6.67 Å². The highest BCUT2D eigenvalue weighted by atomic mass is 15.3. The highest BCUT2D eigenvalue weighted by molar-refractivity contribution is 5.49. The zero-order valence-corrected chi connectivity index (χ0v) is 8.22. The fourth-order valence-corrected chi connectivity index (χ4v) is 1.58. The molecule has 1 aliphatic heterocycles. The second-order valence-corrected chi connectivity index (χ2v) is 3.64. The van der Waals surface area contributed by atoms with E-state index in [1.807, 2.05) is 7.05 Å². The zero-order valence-electron chi connectivity index (χ0n) is 8.22. The quantitative estimate of drug-likeness (QED) is 0.547.